The lowest BCUT2D eigenvalue weighted by molar-refractivity contribution is -0.115. The van der Waals surface area contributed by atoms with Gasteiger partial charge in [-0.15, -0.1) is 0 Å². The van der Waals surface area contributed by atoms with E-state index in [9.17, 15) is 9.59 Å². The number of benzene rings is 2. The summed E-state index contributed by atoms with van der Waals surface area (Å²) in [4.78, 5) is 23.3. The maximum atomic E-state index is 12.0. The molecule has 0 atom stereocenters. The maximum Gasteiger partial charge on any atom is 0.248 e. The molecule has 5 heteroatoms. The summed E-state index contributed by atoms with van der Waals surface area (Å²) < 4.78 is 0. The molecule has 1 aliphatic heterocycles. The zero-order chi connectivity index (χ0) is 16.2. The highest BCUT2D eigenvalue weighted by Gasteiger charge is 2.17. The van der Waals surface area contributed by atoms with Crippen molar-refractivity contribution >= 4 is 29.3 Å². The minimum Gasteiger partial charge on any atom is -0.326 e. The minimum absolute atomic E-state index is 0.0410. The quantitative estimate of drug-likeness (QED) is 0.855. The van der Waals surface area contributed by atoms with Gasteiger partial charge in [-0.3, -0.25) is 9.59 Å². The van der Waals surface area contributed by atoms with E-state index < -0.39 is 0 Å². The molecular formula is C18H13N3O2. The van der Waals surface area contributed by atoms with E-state index in [1.165, 1.54) is 6.08 Å². The maximum absolute atomic E-state index is 12.0. The van der Waals surface area contributed by atoms with Gasteiger partial charge in [-0.05, 0) is 47.5 Å². The van der Waals surface area contributed by atoms with Gasteiger partial charge in [0.2, 0.25) is 11.8 Å². The summed E-state index contributed by atoms with van der Waals surface area (Å²) in [5.41, 5.74) is 3.63. The van der Waals surface area contributed by atoms with E-state index in [1.54, 1.807) is 42.5 Å². The largest absolute Gasteiger partial charge is 0.326 e. The smallest absolute Gasteiger partial charge is 0.248 e. The van der Waals surface area contributed by atoms with E-state index in [0.717, 1.165) is 16.8 Å². The minimum atomic E-state index is -0.274. The summed E-state index contributed by atoms with van der Waals surface area (Å²) in [7, 11) is 0. The monoisotopic (exact) mass is 303 g/mol. The zero-order valence-corrected chi connectivity index (χ0v) is 12.2. The molecule has 0 bridgehead atoms. The SMILES string of the molecule is N#Cc1cccc(/C=C\C(=O)Nc2ccc3c(c2)CC(=O)N3)c1. The molecule has 0 aliphatic carbocycles. The molecule has 0 saturated heterocycles. The van der Waals surface area contributed by atoms with Crippen molar-refractivity contribution in [2.24, 2.45) is 0 Å². The molecule has 0 radical (unpaired) electrons. The number of carbonyl (C=O) groups is 2. The van der Waals surface area contributed by atoms with Gasteiger partial charge in [0.1, 0.15) is 0 Å². The molecule has 0 spiro atoms. The van der Waals surface area contributed by atoms with E-state index in [-0.39, 0.29) is 11.8 Å². The summed E-state index contributed by atoms with van der Waals surface area (Å²) in [5.74, 6) is -0.314. The number of anilines is 2. The van der Waals surface area contributed by atoms with Gasteiger partial charge in [-0.2, -0.15) is 5.26 Å². The number of nitriles is 1. The number of rotatable bonds is 3. The standard InChI is InChI=1S/C18H13N3O2/c19-11-13-3-1-2-12(8-13)4-7-17(22)20-15-5-6-16-14(9-15)10-18(23)21-16/h1-9H,10H2,(H,20,22)(H,21,23)/b7-4-. The van der Waals surface area contributed by atoms with Crippen LogP contribution < -0.4 is 10.6 Å². The van der Waals surface area contributed by atoms with Crippen LogP contribution in [0.5, 0.6) is 0 Å². The van der Waals surface area contributed by atoms with Gasteiger partial charge in [0.25, 0.3) is 0 Å². The predicted molar refractivity (Wildman–Crippen MR) is 87.6 cm³/mol. The van der Waals surface area contributed by atoms with E-state index >= 15 is 0 Å². The highest BCUT2D eigenvalue weighted by Crippen LogP contribution is 2.25. The normalized spacial score (nSPS) is 12.6. The van der Waals surface area contributed by atoms with Gasteiger partial charge in [0.15, 0.2) is 0 Å². The number of fused-ring (bicyclic) bond motifs is 1. The van der Waals surface area contributed by atoms with Crippen LogP contribution in [0.4, 0.5) is 11.4 Å². The van der Waals surface area contributed by atoms with Gasteiger partial charge in [0, 0.05) is 17.5 Å². The number of carbonyl (C=O) groups excluding carboxylic acids is 2. The van der Waals surface area contributed by atoms with Crippen molar-refractivity contribution < 1.29 is 9.59 Å². The third kappa shape index (κ3) is 3.44. The third-order valence-electron chi connectivity index (χ3n) is 3.44. The van der Waals surface area contributed by atoms with Crippen molar-refractivity contribution in [3.05, 3.63) is 65.2 Å². The average Bonchev–Trinajstić information content (AvgIpc) is 2.92. The molecule has 112 valence electrons. The Morgan fingerprint density at radius 3 is 2.96 bits per heavy atom. The third-order valence-corrected chi connectivity index (χ3v) is 3.44. The van der Waals surface area contributed by atoms with Crippen LogP contribution in [0.2, 0.25) is 0 Å². The van der Waals surface area contributed by atoms with Gasteiger partial charge in [-0.1, -0.05) is 12.1 Å². The lowest BCUT2D eigenvalue weighted by Crippen LogP contribution is -2.07. The molecule has 0 unspecified atom stereocenters. The van der Waals surface area contributed by atoms with E-state index in [0.29, 0.717) is 17.7 Å². The Kier molecular flexibility index (Phi) is 3.89. The lowest BCUT2D eigenvalue weighted by atomic mass is 10.1. The van der Waals surface area contributed by atoms with Gasteiger partial charge in [-0.25, -0.2) is 0 Å². The van der Waals surface area contributed by atoms with E-state index in [1.807, 2.05) is 6.07 Å². The topological polar surface area (TPSA) is 82.0 Å². The van der Waals surface area contributed by atoms with Gasteiger partial charge < -0.3 is 10.6 Å². The first-order valence-electron chi connectivity index (χ1n) is 7.06. The Bertz CT molecular complexity index is 863. The van der Waals surface area contributed by atoms with Crippen molar-refractivity contribution in [1.29, 1.82) is 5.26 Å². The molecule has 3 rings (SSSR count). The van der Waals surface area contributed by atoms with Crippen LogP contribution in [0.25, 0.3) is 6.08 Å². The van der Waals surface area contributed by atoms with Crippen molar-refractivity contribution in [1.82, 2.24) is 0 Å². The van der Waals surface area contributed by atoms with Crippen molar-refractivity contribution in [3.8, 4) is 6.07 Å². The highest BCUT2D eigenvalue weighted by atomic mass is 16.2. The Morgan fingerprint density at radius 2 is 2.13 bits per heavy atom. The Hall–Kier alpha value is -3.39. The summed E-state index contributed by atoms with van der Waals surface area (Å²) in [5, 5.41) is 14.3. The Balaban J connectivity index is 1.68. The fourth-order valence-corrected chi connectivity index (χ4v) is 2.37. The van der Waals surface area contributed by atoms with Crippen LogP contribution in [-0.4, -0.2) is 11.8 Å². The molecule has 2 amide bonds. The molecule has 0 fully saturated rings. The number of hydrogen-bond donors (Lipinski definition) is 2. The summed E-state index contributed by atoms with van der Waals surface area (Å²) >= 11 is 0. The molecule has 1 aliphatic rings. The zero-order valence-electron chi connectivity index (χ0n) is 12.2. The van der Waals surface area contributed by atoms with E-state index in [2.05, 4.69) is 16.7 Å². The average molecular weight is 303 g/mol. The van der Waals surface area contributed by atoms with Gasteiger partial charge >= 0.3 is 0 Å². The molecule has 2 N–H and O–H groups in total. The molecule has 0 saturated carbocycles. The van der Waals surface area contributed by atoms with Crippen LogP contribution in [0.15, 0.2) is 48.5 Å². The highest BCUT2D eigenvalue weighted by molar-refractivity contribution is 6.03. The molecule has 1 heterocycles. The second-order valence-electron chi connectivity index (χ2n) is 5.16. The molecular weight excluding hydrogens is 290 g/mol. The van der Waals surface area contributed by atoms with Crippen molar-refractivity contribution in [2.75, 3.05) is 10.6 Å². The van der Waals surface area contributed by atoms with Gasteiger partial charge in [0.05, 0.1) is 18.1 Å². The first-order valence-corrected chi connectivity index (χ1v) is 7.06. The second kappa shape index (κ2) is 6.16. The molecule has 0 aromatic heterocycles. The first-order chi connectivity index (χ1) is 11.1. The number of hydrogen-bond acceptors (Lipinski definition) is 3. The van der Waals surface area contributed by atoms with Crippen molar-refractivity contribution in [2.45, 2.75) is 6.42 Å². The number of amides is 2. The fraction of sp³-hybridized carbons (Fsp3) is 0.0556. The fourth-order valence-electron chi connectivity index (χ4n) is 2.37. The molecule has 2 aromatic rings. The second-order valence-corrected chi connectivity index (χ2v) is 5.16. The van der Waals surface area contributed by atoms with Crippen LogP contribution >= 0.6 is 0 Å². The molecule has 5 nitrogen and oxygen atoms in total. The number of nitrogens with zero attached hydrogens (tertiary/aromatic N) is 1. The predicted octanol–water partition coefficient (Wildman–Crippen LogP) is 2.70. The Labute approximate surface area is 133 Å². The van der Waals surface area contributed by atoms with Crippen LogP contribution in [0.1, 0.15) is 16.7 Å². The van der Waals surface area contributed by atoms with Crippen LogP contribution in [0, 0.1) is 11.3 Å². The first kappa shape index (κ1) is 14.5. The Morgan fingerprint density at radius 1 is 1.26 bits per heavy atom. The molecule has 23 heavy (non-hydrogen) atoms. The molecule has 2 aromatic carbocycles. The van der Waals surface area contributed by atoms with Crippen LogP contribution in [0.3, 0.4) is 0 Å². The summed E-state index contributed by atoms with van der Waals surface area (Å²) in [6, 6.07) is 14.3. The summed E-state index contributed by atoms with van der Waals surface area (Å²) in [6.07, 6.45) is 3.39. The van der Waals surface area contributed by atoms with E-state index in [4.69, 9.17) is 5.26 Å². The number of nitrogens with one attached hydrogen (secondary N) is 2. The lowest BCUT2D eigenvalue weighted by Gasteiger charge is -2.04. The van der Waals surface area contributed by atoms with Crippen LogP contribution in [-0.2, 0) is 16.0 Å². The van der Waals surface area contributed by atoms with Crippen molar-refractivity contribution in [3.63, 3.8) is 0 Å². The summed E-state index contributed by atoms with van der Waals surface area (Å²) in [6.45, 7) is 0.